The van der Waals surface area contributed by atoms with Crippen molar-refractivity contribution in [3.63, 3.8) is 0 Å². The number of nitrogens with two attached hydrogens (primary N) is 1. The van der Waals surface area contributed by atoms with Crippen LogP contribution in [0.5, 0.6) is 0 Å². The Hall–Kier alpha value is -0.0800. The SMILES string of the molecule is CCCCC(NN)C1CCC(C(C)(C)C)CC1. The molecule has 0 aromatic rings. The first-order valence-electron chi connectivity index (χ1n) is 7.45. The van der Waals surface area contributed by atoms with Gasteiger partial charge < -0.3 is 0 Å². The van der Waals surface area contributed by atoms with E-state index in [4.69, 9.17) is 5.84 Å². The average molecular weight is 240 g/mol. The second kappa shape index (κ2) is 6.75. The molecule has 1 fully saturated rings. The lowest BCUT2D eigenvalue weighted by Crippen LogP contribution is -2.43. The topological polar surface area (TPSA) is 38.0 Å². The van der Waals surface area contributed by atoms with Crippen LogP contribution in [0.25, 0.3) is 0 Å². The van der Waals surface area contributed by atoms with Crippen molar-refractivity contribution < 1.29 is 0 Å². The van der Waals surface area contributed by atoms with Crippen molar-refractivity contribution in [1.29, 1.82) is 0 Å². The fourth-order valence-corrected chi connectivity index (χ4v) is 3.27. The Morgan fingerprint density at radius 3 is 2.18 bits per heavy atom. The van der Waals surface area contributed by atoms with Gasteiger partial charge in [0.15, 0.2) is 0 Å². The van der Waals surface area contributed by atoms with E-state index in [-0.39, 0.29) is 0 Å². The highest BCUT2D eigenvalue weighted by Crippen LogP contribution is 2.41. The van der Waals surface area contributed by atoms with Crippen molar-refractivity contribution in [1.82, 2.24) is 5.43 Å². The van der Waals surface area contributed by atoms with Gasteiger partial charge in [0, 0.05) is 6.04 Å². The zero-order chi connectivity index (χ0) is 12.9. The highest BCUT2D eigenvalue weighted by Gasteiger charge is 2.32. The van der Waals surface area contributed by atoms with Gasteiger partial charge in [0.1, 0.15) is 0 Å². The van der Waals surface area contributed by atoms with Crippen LogP contribution in [0.4, 0.5) is 0 Å². The summed E-state index contributed by atoms with van der Waals surface area (Å²) in [6.07, 6.45) is 9.32. The third kappa shape index (κ3) is 4.59. The Bertz CT molecular complexity index is 199. The number of hydrogen-bond acceptors (Lipinski definition) is 2. The monoisotopic (exact) mass is 240 g/mol. The number of rotatable bonds is 5. The third-order valence-electron chi connectivity index (χ3n) is 4.65. The summed E-state index contributed by atoms with van der Waals surface area (Å²) >= 11 is 0. The van der Waals surface area contributed by atoms with E-state index in [1.807, 2.05) is 0 Å². The molecule has 1 atom stereocenters. The first kappa shape index (κ1) is 15.0. The van der Waals surface area contributed by atoms with Crippen molar-refractivity contribution in [2.24, 2.45) is 23.1 Å². The van der Waals surface area contributed by atoms with Crippen LogP contribution in [0.15, 0.2) is 0 Å². The van der Waals surface area contributed by atoms with Crippen LogP contribution in [0, 0.1) is 17.3 Å². The van der Waals surface area contributed by atoms with E-state index >= 15 is 0 Å². The maximum Gasteiger partial charge on any atom is 0.0238 e. The molecule has 0 heterocycles. The van der Waals surface area contributed by atoms with E-state index in [9.17, 15) is 0 Å². The smallest absolute Gasteiger partial charge is 0.0238 e. The highest BCUT2D eigenvalue weighted by atomic mass is 15.2. The molecule has 0 aromatic carbocycles. The predicted molar refractivity (Wildman–Crippen MR) is 75.5 cm³/mol. The average Bonchev–Trinajstić information content (AvgIpc) is 2.29. The molecule has 1 aliphatic rings. The fourth-order valence-electron chi connectivity index (χ4n) is 3.27. The lowest BCUT2D eigenvalue weighted by molar-refractivity contribution is 0.130. The van der Waals surface area contributed by atoms with Crippen LogP contribution in [0.1, 0.15) is 72.6 Å². The van der Waals surface area contributed by atoms with Crippen LogP contribution in [0.3, 0.4) is 0 Å². The van der Waals surface area contributed by atoms with Gasteiger partial charge in [-0.3, -0.25) is 11.3 Å². The molecule has 1 unspecified atom stereocenters. The normalized spacial score (nSPS) is 28.1. The molecule has 3 N–H and O–H groups in total. The van der Waals surface area contributed by atoms with Gasteiger partial charge in [-0.05, 0) is 49.4 Å². The summed E-state index contributed by atoms with van der Waals surface area (Å²) in [6.45, 7) is 9.40. The van der Waals surface area contributed by atoms with Gasteiger partial charge in [-0.2, -0.15) is 0 Å². The van der Waals surface area contributed by atoms with Crippen molar-refractivity contribution in [3.05, 3.63) is 0 Å². The Labute approximate surface area is 108 Å². The largest absolute Gasteiger partial charge is 0.271 e. The number of unbranched alkanes of at least 4 members (excludes halogenated alkanes) is 1. The fraction of sp³-hybridized carbons (Fsp3) is 1.00. The van der Waals surface area contributed by atoms with Crippen molar-refractivity contribution >= 4 is 0 Å². The molecule has 1 rings (SSSR count). The van der Waals surface area contributed by atoms with Crippen molar-refractivity contribution in [2.45, 2.75) is 78.7 Å². The summed E-state index contributed by atoms with van der Waals surface area (Å²) in [5.74, 6) is 7.43. The molecule has 0 spiro atoms. The molecular weight excluding hydrogens is 208 g/mol. The third-order valence-corrected chi connectivity index (χ3v) is 4.65. The molecule has 17 heavy (non-hydrogen) atoms. The van der Waals surface area contributed by atoms with Crippen LogP contribution in [-0.4, -0.2) is 6.04 Å². The van der Waals surface area contributed by atoms with Crippen LogP contribution in [0.2, 0.25) is 0 Å². The molecule has 102 valence electrons. The van der Waals surface area contributed by atoms with E-state index in [0.717, 1.165) is 11.8 Å². The molecule has 1 saturated carbocycles. The summed E-state index contributed by atoms with van der Waals surface area (Å²) in [7, 11) is 0. The van der Waals surface area contributed by atoms with E-state index in [2.05, 4.69) is 33.1 Å². The quantitative estimate of drug-likeness (QED) is 0.565. The molecule has 0 bridgehead atoms. The van der Waals surface area contributed by atoms with Crippen LogP contribution >= 0.6 is 0 Å². The molecule has 0 aromatic heterocycles. The Morgan fingerprint density at radius 1 is 1.18 bits per heavy atom. The summed E-state index contributed by atoms with van der Waals surface area (Å²) in [6, 6.07) is 0.552. The van der Waals surface area contributed by atoms with E-state index < -0.39 is 0 Å². The summed E-state index contributed by atoms with van der Waals surface area (Å²) in [4.78, 5) is 0. The van der Waals surface area contributed by atoms with Gasteiger partial charge in [-0.1, -0.05) is 40.5 Å². The molecule has 2 nitrogen and oxygen atoms in total. The molecule has 0 saturated heterocycles. The molecule has 1 aliphatic carbocycles. The van der Waals surface area contributed by atoms with Gasteiger partial charge in [-0.25, -0.2) is 0 Å². The summed E-state index contributed by atoms with van der Waals surface area (Å²) in [5, 5.41) is 0. The number of hydrogen-bond donors (Lipinski definition) is 2. The van der Waals surface area contributed by atoms with Crippen molar-refractivity contribution in [2.75, 3.05) is 0 Å². The zero-order valence-corrected chi connectivity index (χ0v) is 12.3. The lowest BCUT2D eigenvalue weighted by atomic mass is 9.68. The van der Waals surface area contributed by atoms with E-state index in [0.29, 0.717) is 11.5 Å². The minimum atomic E-state index is 0.486. The van der Waals surface area contributed by atoms with Gasteiger partial charge in [-0.15, -0.1) is 0 Å². The Balaban J connectivity index is 2.39. The number of nitrogens with one attached hydrogen (secondary N) is 1. The predicted octanol–water partition coefficient (Wildman–Crippen LogP) is 3.86. The Kier molecular flexibility index (Phi) is 5.94. The second-order valence-corrected chi connectivity index (χ2v) is 6.89. The molecule has 0 radical (unpaired) electrons. The number of hydrazine groups is 1. The van der Waals surface area contributed by atoms with Gasteiger partial charge >= 0.3 is 0 Å². The van der Waals surface area contributed by atoms with E-state index in [1.54, 1.807) is 0 Å². The summed E-state index contributed by atoms with van der Waals surface area (Å²) in [5.41, 5.74) is 3.55. The summed E-state index contributed by atoms with van der Waals surface area (Å²) < 4.78 is 0. The molecule has 2 heteroatoms. The minimum Gasteiger partial charge on any atom is -0.271 e. The first-order chi connectivity index (χ1) is 7.99. The van der Waals surface area contributed by atoms with Crippen molar-refractivity contribution in [3.8, 4) is 0 Å². The van der Waals surface area contributed by atoms with Gasteiger partial charge in [0.25, 0.3) is 0 Å². The van der Waals surface area contributed by atoms with Gasteiger partial charge in [0.2, 0.25) is 0 Å². The maximum absolute atomic E-state index is 5.71. The van der Waals surface area contributed by atoms with Gasteiger partial charge in [0.05, 0.1) is 0 Å². The Morgan fingerprint density at radius 2 is 1.76 bits per heavy atom. The molecular formula is C15H32N2. The molecule has 0 amide bonds. The van der Waals surface area contributed by atoms with Crippen LogP contribution in [-0.2, 0) is 0 Å². The standard InChI is InChI=1S/C15H32N2/c1-5-6-7-14(17-16)12-8-10-13(11-9-12)15(2,3)4/h12-14,17H,5-11,16H2,1-4H3. The van der Waals surface area contributed by atoms with E-state index in [1.165, 1.54) is 44.9 Å². The lowest BCUT2D eigenvalue weighted by Gasteiger charge is -2.39. The second-order valence-electron chi connectivity index (χ2n) is 6.89. The highest BCUT2D eigenvalue weighted by molar-refractivity contribution is 4.85. The van der Waals surface area contributed by atoms with Crippen LogP contribution < -0.4 is 11.3 Å². The molecule has 0 aliphatic heterocycles. The minimum absolute atomic E-state index is 0.486. The zero-order valence-electron chi connectivity index (χ0n) is 12.3. The maximum atomic E-state index is 5.71. The first-order valence-corrected chi connectivity index (χ1v) is 7.45.